The summed E-state index contributed by atoms with van der Waals surface area (Å²) in [5, 5.41) is 2.50. The Kier molecular flexibility index (Phi) is 5.46. The molecule has 0 bridgehead atoms. The van der Waals surface area contributed by atoms with E-state index in [0.717, 1.165) is 16.4 Å². The number of sulfonamides is 1. The molecule has 0 radical (unpaired) electrons. The highest BCUT2D eigenvalue weighted by molar-refractivity contribution is 7.89. The molecule has 0 unspecified atom stereocenters. The Balaban J connectivity index is 3.12. The highest BCUT2D eigenvalue weighted by atomic mass is 32.2. The number of nitrogens with two attached hydrogens (primary N) is 1. The normalized spacial score (nSPS) is 11.6. The molecule has 0 heterocycles. The van der Waals surface area contributed by atoms with Crippen molar-refractivity contribution in [2.75, 3.05) is 25.4 Å². The predicted molar refractivity (Wildman–Crippen MR) is 73.9 cm³/mol. The average molecular weight is 303 g/mol. The van der Waals surface area contributed by atoms with Crippen LogP contribution in [-0.4, -0.2) is 38.3 Å². The molecular weight excluding hydrogens is 285 g/mol. The van der Waals surface area contributed by atoms with Gasteiger partial charge >= 0.3 is 0 Å². The molecule has 112 valence electrons. The van der Waals surface area contributed by atoms with E-state index in [1.54, 1.807) is 13.8 Å². The SMILES string of the molecule is CCNC(=O)CN(CC)S(=O)(=O)c1cc(N)ccc1F. The Morgan fingerprint density at radius 2 is 2.05 bits per heavy atom. The van der Waals surface area contributed by atoms with Gasteiger partial charge in [-0.05, 0) is 25.1 Å². The number of anilines is 1. The van der Waals surface area contributed by atoms with Crippen molar-refractivity contribution >= 4 is 21.6 Å². The second kappa shape index (κ2) is 6.67. The minimum Gasteiger partial charge on any atom is -0.399 e. The second-order valence-electron chi connectivity index (χ2n) is 4.07. The summed E-state index contributed by atoms with van der Waals surface area (Å²) in [6.45, 7) is 3.37. The molecule has 1 aromatic rings. The predicted octanol–water partition coefficient (Wildman–Crippen LogP) is 0.555. The standard InChI is InChI=1S/C12H18FN3O3S/c1-3-15-12(17)8-16(4-2)20(18,19)11-7-9(14)5-6-10(11)13/h5-7H,3-4,8,14H2,1-2H3,(H,15,17). The van der Waals surface area contributed by atoms with Crippen molar-refractivity contribution in [3.63, 3.8) is 0 Å². The van der Waals surface area contributed by atoms with Gasteiger partial charge < -0.3 is 11.1 Å². The maximum atomic E-state index is 13.7. The Morgan fingerprint density at radius 3 is 2.60 bits per heavy atom. The molecule has 0 spiro atoms. The first-order valence-electron chi connectivity index (χ1n) is 6.14. The van der Waals surface area contributed by atoms with Crippen LogP contribution >= 0.6 is 0 Å². The molecule has 8 heteroatoms. The second-order valence-corrected chi connectivity index (χ2v) is 5.98. The maximum absolute atomic E-state index is 13.7. The molecule has 3 N–H and O–H groups in total. The van der Waals surface area contributed by atoms with Crippen molar-refractivity contribution in [1.82, 2.24) is 9.62 Å². The Hall–Kier alpha value is -1.67. The number of nitrogen functional groups attached to an aromatic ring is 1. The van der Waals surface area contributed by atoms with Crippen LogP contribution in [0.3, 0.4) is 0 Å². The van der Waals surface area contributed by atoms with Gasteiger partial charge in [0.15, 0.2) is 0 Å². The fourth-order valence-corrected chi connectivity index (χ4v) is 3.14. The van der Waals surface area contributed by atoms with Crippen LogP contribution in [0, 0.1) is 5.82 Å². The Morgan fingerprint density at radius 1 is 1.40 bits per heavy atom. The van der Waals surface area contributed by atoms with Crippen LogP contribution in [0.4, 0.5) is 10.1 Å². The van der Waals surface area contributed by atoms with Gasteiger partial charge in [0.2, 0.25) is 15.9 Å². The first-order valence-corrected chi connectivity index (χ1v) is 7.58. The molecule has 1 amide bonds. The Labute approximate surface area is 117 Å². The van der Waals surface area contributed by atoms with Gasteiger partial charge in [0.1, 0.15) is 10.7 Å². The van der Waals surface area contributed by atoms with E-state index in [4.69, 9.17) is 5.73 Å². The van der Waals surface area contributed by atoms with Gasteiger partial charge in [0.05, 0.1) is 6.54 Å². The molecule has 1 aromatic carbocycles. The molecule has 0 aromatic heterocycles. The zero-order valence-electron chi connectivity index (χ0n) is 11.4. The number of rotatable bonds is 6. The third kappa shape index (κ3) is 3.67. The summed E-state index contributed by atoms with van der Waals surface area (Å²) < 4.78 is 39.2. The monoisotopic (exact) mass is 303 g/mol. The largest absolute Gasteiger partial charge is 0.399 e. The number of carbonyl (C=O) groups excluding carboxylic acids is 1. The minimum atomic E-state index is -4.10. The van der Waals surface area contributed by atoms with E-state index in [2.05, 4.69) is 5.32 Å². The van der Waals surface area contributed by atoms with Crippen LogP contribution in [0.25, 0.3) is 0 Å². The van der Waals surface area contributed by atoms with Gasteiger partial charge in [-0.3, -0.25) is 4.79 Å². The van der Waals surface area contributed by atoms with Crippen LogP contribution in [-0.2, 0) is 14.8 Å². The van der Waals surface area contributed by atoms with Crippen LogP contribution in [0.5, 0.6) is 0 Å². The number of halogens is 1. The van der Waals surface area contributed by atoms with Crippen molar-refractivity contribution in [2.24, 2.45) is 0 Å². The van der Waals surface area contributed by atoms with Gasteiger partial charge in [0.25, 0.3) is 0 Å². The topological polar surface area (TPSA) is 92.5 Å². The van der Waals surface area contributed by atoms with Crippen LogP contribution in [0.1, 0.15) is 13.8 Å². The van der Waals surface area contributed by atoms with Gasteiger partial charge in [-0.15, -0.1) is 0 Å². The summed E-state index contributed by atoms with van der Waals surface area (Å²) in [6.07, 6.45) is 0. The molecular formula is C12H18FN3O3S. The first kappa shape index (κ1) is 16.4. The highest BCUT2D eigenvalue weighted by Crippen LogP contribution is 2.21. The van der Waals surface area contributed by atoms with Crippen molar-refractivity contribution < 1.29 is 17.6 Å². The van der Waals surface area contributed by atoms with Gasteiger partial charge in [0, 0.05) is 18.8 Å². The molecule has 6 nitrogen and oxygen atoms in total. The zero-order valence-corrected chi connectivity index (χ0v) is 12.2. The molecule has 1 rings (SSSR count). The number of hydrogen-bond donors (Lipinski definition) is 2. The smallest absolute Gasteiger partial charge is 0.246 e. The third-order valence-corrected chi connectivity index (χ3v) is 4.56. The maximum Gasteiger partial charge on any atom is 0.246 e. The lowest BCUT2D eigenvalue weighted by Gasteiger charge is -2.20. The fraction of sp³-hybridized carbons (Fsp3) is 0.417. The molecule has 0 aliphatic rings. The number of hydrogen-bond acceptors (Lipinski definition) is 4. The van der Waals surface area contributed by atoms with Crippen molar-refractivity contribution in [3.8, 4) is 0 Å². The van der Waals surface area contributed by atoms with E-state index in [-0.39, 0.29) is 18.8 Å². The van der Waals surface area contributed by atoms with Crippen LogP contribution < -0.4 is 11.1 Å². The summed E-state index contributed by atoms with van der Waals surface area (Å²) in [5.41, 5.74) is 5.62. The molecule has 20 heavy (non-hydrogen) atoms. The van der Waals surface area contributed by atoms with Crippen molar-refractivity contribution in [3.05, 3.63) is 24.0 Å². The van der Waals surface area contributed by atoms with E-state index >= 15 is 0 Å². The van der Waals surface area contributed by atoms with E-state index in [1.165, 1.54) is 6.07 Å². The molecule has 0 fully saturated rings. The highest BCUT2D eigenvalue weighted by Gasteiger charge is 2.28. The van der Waals surface area contributed by atoms with Gasteiger partial charge in [-0.2, -0.15) is 4.31 Å². The summed E-state index contributed by atoms with van der Waals surface area (Å²) >= 11 is 0. The molecule has 0 aliphatic heterocycles. The number of nitrogens with one attached hydrogen (secondary N) is 1. The quantitative estimate of drug-likeness (QED) is 0.751. The van der Waals surface area contributed by atoms with E-state index < -0.39 is 26.6 Å². The van der Waals surface area contributed by atoms with Crippen molar-refractivity contribution in [1.29, 1.82) is 0 Å². The van der Waals surface area contributed by atoms with Crippen molar-refractivity contribution in [2.45, 2.75) is 18.7 Å². The lowest BCUT2D eigenvalue weighted by Crippen LogP contribution is -2.40. The zero-order chi connectivity index (χ0) is 15.3. The Bertz CT molecular complexity index is 590. The minimum absolute atomic E-state index is 0.0493. The first-order chi connectivity index (χ1) is 9.32. The molecule has 0 saturated heterocycles. The van der Waals surface area contributed by atoms with E-state index in [0.29, 0.717) is 6.54 Å². The summed E-state index contributed by atoms with van der Waals surface area (Å²) in [5.74, 6) is -1.34. The number of benzene rings is 1. The summed E-state index contributed by atoms with van der Waals surface area (Å²) in [4.78, 5) is 11.0. The van der Waals surface area contributed by atoms with Gasteiger partial charge in [-0.25, -0.2) is 12.8 Å². The summed E-state index contributed by atoms with van der Waals surface area (Å²) in [7, 11) is -4.10. The van der Waals surface area contributed by atoms with Crippen LogP contribution in [0.15, 0.2) is 23.1 Å². The third-order valence-electron chi connectivity index (χ3n) is 2.62. The molecule has 0 saturated carbocycles. The van der Waals surface area contributed by atoms with Gasteiger partial charge in [-0.1, -0.05) is 6.92 Å². The number of amides is 1. The number of carbonyl (C=O) groups is 1. The lowest BCUT2D eigenvalue weighted by atomic mass is 10.3. The lowest BCUT2D eigenvalue weighted by molar-refractivity contribution is -0.121. The fourth-order valence-electron chi connectivity index (χ4n) is 1.64. The van der Waals surface area contributed by atoms with E-state index in [1.807, 2.05) is 0 Å². The summed E-state index contributed by atoms with van der Waals surface area (Å²) in [6, 6.07) is 3.31. The van der Waals surface area contributed by atoms with E-state index in [9.17, 15) is 17.6 Å². The average Bonchev–Trinajstić information content (AvgIpc) is 2.38. The number of likely N-dealkylation sites (N-methyl/N-ethyl adjacent to an activating group) is 2. The van der Waals surface area contributed by atoms with Crippen LogP contribution in [0.2, 0.25) is 0 Å². The number of nitrogens with zero attached hydrogens (tertiary/aromatic N) is 1. The molecule has 0 aliphatic carbocycles. The molecule has 0 atom stereocenters.